The number of para-hydroxylation sites is 3. The molecule has 5 heteroatoms. The fourth-order valence-electron chi connectivity index (χ4n) is 6.24. The number of hydrogen-bond donors (Lipinski definition) is 0. The molecule has 9 rings (SSSR count). The van der Waals surface area contributed by atoms with Crippen LogP contribution in [0.25, 0.3) is 55.3 Å². The maximum absolute atomic E-state index is 6.42. The first-order valence-electron chi connectivity index (χ1n) is 11.6. The molecule has 4 nitrogen and oxygen atoms in total. The lowest BCUT2D eigenvalue weighted by molar-refractivity contribution is 0.655. The summed E-state index contributed by atoms with van der Waals surface area (Å²) in [6, 6.07) is 34.4. The van der Waals surface area contributed by atoms with Gasteiger partial charge in [0.2, 0.25) is 12.5 Å². The van der Waals surface area contributed by atoms with Crippen LogP contribution < -0.4 is 16.4 Å². The van der Waals surface area contributed by atoms with E-state index in [2.05, 4.69) is 93.7 Å². The van der Waals surface area contributed by atoms with Gasteiger partial charge in [0.15, 0.2) is 11.2 Å². The van der Waals surface area contributed by atoms with Gasteiger partial charge in [-0.3, -0.25) is 8.80 Å². The molecule has 1 aliphatic rings. The standard InChI is InChI=1S/C29H16BN3O/c1-2-7-18(8-3-1)30-19-9-6-10-21-26(19)33-27-20(30)15-13-17-14-16-24-28(25(17)27)32(29(33)31-21)22-11-4-5-12-23(22)34-24/h1-16H. The first-order chi connectivity index (χ1) is 16.9. The molecule has 0 fully saturated rings. The molecule has 0 bridgehead atoms. The predicted molar refractivity (Wildman–Crippen MR) is 140 cm³/mol. The molecule has 0 saturated carbocycles. The van der Waals surface area contributed by atoms with E-state index in [4.69, 9.17) is 9.40 Å². The van der Waals surface area contributed by atoms with E-state index >= 15 is 0 Å². The Morgan fingerprint density at radius 2 is 1.44 bits per heavy atom. The van der Waals surface area contributed by atoms with Crippen molar-refractivity contribution in [3.05, 3.63) is 97.1 Å². The Balaban J connectivity index is 1.66. The first kappa shape index (κ1) is 17.0. The molecule has 1 aliphatic heterocycles. The quantitative estimate of drug-likeness (QED) is 0.215. The number of hydrogen-bond acceptors (Lipinski definition) is 2. The van der Waals surface area contributed by atoms with E-state index in [0.717, 1.165) is 33.5 Å². The first-order valence-corrected chi connectivity index (χ1v) is 11.6. The normalized spacial score (nSPS) is 13.2. The van der Waals surface area contributed by atoms with Crippen molar-refractivity contribution >= 4 is 78.4 Å². The van der Waals surface area contributed by atoms with Crippen LogP contribution in [0.4, 0.5) is 0 Å². The second-order valence-corrected chi connectivity index (χ2v) is 9.22. The molecule has 0 spiro atoms. The number of rotatable bonds is 1. The van der Waals surface area contributed by atoms with Crippen LogP contribution in [0.1, 0.15) is 0 Å². The number of fused-ring (bicyclic) bond motifs is 3. The summed E-state index contributed by atoms with van der Waals surface area (Å²) >= 11 is 0. The molecule has 0 aliphatic carbocycles. The van der Waals surface area contributed by atoms with Crippen LogP contribution in [-0.4, -0.2) is 20.5 Å². The van der Waals surface area contributed by atoms with E-state index in [0.29, 0.717) is 0 Å². The predicted octanol–water partition coefficient (Wildman–Crippen LogP) is 4.62. The van der Waals surface area contributed by atoms with E-state index in [-0.39, 0.29) is 6.71 Å². The van der Waals surface area contributed by atoms with Gasteiger partial charge in [-0.15, -0.1) is 0 Å². The van der Waals surface area contributed by atoms with Crippen LogP contribution in [0, 0.1) is 0 Å². The van der Waals surface area contributed by atoms with Gasteiger partial charge in [-0.25, -0.2) is 4.98 Å². The Labute approximate surface area is 193 Å². The fourth-order valence-corrected chi connectivity index (χ4v) is 6.24. The Hall–Kier alpha value is -4.51. The van der Waals surface area contributed by atoms with Gasteiger partial charge in [0.25, 0.3) is 0 Å². The highest BCUT2D eigenvalue weighted by Crippen LogP contribution is 2.36. The highest BCUT2D eigenvalue weighted by molar-refractivity contribution is 6.98. The van der Waals surface area contributed by atoms with Gasteiger partial charge in [0, 0.05) is 5.39 Å². The lowest BCUT2D eigenvalue weighted by Crippen LogP contribution is -2.54. The SMILES string of the molecule is c1ccc(B2c3cccc4nc5n(c34)c3c2ccc2ccc4oc6ccccc6n5c4c23)cc1. The Bertz CT molecular complexity index is 2130. The van der Waals surface area contributed by atoms with E-state index < -0.39 is 0 Å². The minimum Gasteiger partial charge on any atom is -0.453 e. The molecule has 0 N–H and O–H groups in total. The zero-order chi connectivity index (χ0) is 22.0. The Morgan fingerprint density at radius 1 is 0.618 bits per heavy atom. The second-order valence-electron chi connectivity index (χ2n) is 9.22. The van der Waals surface area contributed by atoms with E-state index in [1.807, 2.05) is 12.1 Å². The van der Waals surface area contributed by atoms with Gasteiger partial charge < -0.3 is 4.42 Å². The molecule has 3 aromatic heterocycles. The van der Waals surface area contributed by atoms with Gasteiger partial charge >= 0.3 is 0 Å². The molecule has 5 aromatic carbocycles. The number of nitrogens with zero attached hydrogens (tertiary/aromatic N) is 3. The maximum Gasteiger partial charge on any atom is 0.246 e. The monoisotopic (exact) mass is 433 g/mol. The van der Waals surface area contributed by atoms with Crippen LogP contribution in [0.5, 0.6) is 0 Å². The molecule has 156 valence electrons. The minimum absolute atomic E-state index is 0.153. The summed E-state index contributed by atoms with van der Waals surface area (Å²) < 4.78 is 11.1. The average Bonchev–Trinajstić information content (AvgIpc) is 3.29. The summed E-state index contributed by atoms with van der Waals surface area (Å²) in [5, 5.41) is 2.44. The Morgan fingerprint density at radius 3 is 2.38 bits per heavy atom. The van der Waals surface area contributed by atoms with Crippen LogP contribution in [0.2, 0.25) is 0 Å². The largest absolute Gasteiger partial charge is 0.453 e. The summed E-state index contributed by atoms with van der Waals surface area (Å²) in [7, 11) is 0. The molecule has 4 heterocycles. The molecular formula is C29H16BN3O. The van der Waals surface area contributed by atoms with Gasteiger partial charge in [-0.1, -0.05) is 78.3 Å². The van der Waals surface area contributed by atoms with Crippen LogP contribution >= 0.6 is 0 Å². The topological polar surface area (TPSA) is 34.9 Å². The maximum atomic E-state index is 6.42. The van der Waals surface area contributed by atoms with Crippen LogP contribution in [0.15, 0.2) is 101 Å². The highest BCUT2D eigenvalue weighted by Gasteiger charge is 2.34. The minimum atomic E-state index is 0.153. The third kappa shape index (κ3) is 1.84. The smallest absolute Gasteiger partial charge is 0.246 e. The van der Waals surface area contributed by atoms with Crippen molar-refractivity contribution in [2.45, 2.75) is 0 Å². The third-order valence-electron chi connectivity index (χ3n) is 7.54. The molecule has 0 saturated heterocycles. The van der Waals surface area contributed by atoms with Gasteiger partial charge in [0.1, 0.15) is 5.52 Å². The van der Waals surface area contributed by atoms with Crippen molar-refractivity contribution in [2.75, 3.05) is 0 Å². The van der Waals surface area contributed by atoms with Gasteiger partial charge in [0.05, 0.1) is 22.1 Å². The zero-order valence-corrected chi connectivity index (χ0v) is 18.1. The zero-order valence-electron chi connectivity index (χ0n) is 18.1. The van der Waals surface area contributed by atoms with Crippen molar-refractivity contribution in [3.8, 4) is 0 Å². The van der Waals surface area contributed by atoms with Gasteiger partial charge in [-0.05, 0) is 40.6 Å². The fraction of sp³-hybridized carbons (Fsp3) is 0. The lowest BCUT2D eigenvalue weighted by Gasteiger charge is -2.26. The number of benzene rings is 5. The van der Waals surface area contributed by atoms with Crippen molar-refractivity contribution in [2.24, 2.45) is 0 Å². The van der Waals surface area contributed by atoms with Gasteiger partial charge in [-0.2, -0.15) is 0 Å². The summed E-state index contributed by atoms with van der Waals surface area (Å²) in [5.41, 5.74) is 11.2. The molecule has 8 aromatic rings. The average molecular weight is 433 g/mol. The summed E-state index contributed by atoms with van der Waals surface area (Å²) in [6.45, 7) is 0.153. The highest BCUT2D eigenvalue weighted by atomic mass is 16.3. The summed E-state index contributed by atoms with van der Waals surface area (Å²) in [4.78, 5) is 5.22. The van der Waals surface area contributed by atoms with Crippen molar-refractivity contribution in [3.63, 3.8) is 0 Å². The van der Waals surface area contributed by atoms with Crippen molar-refractivity contribution in [1.82, 2.24) is 13.8 Å². The molecule has 0 amide bonds. The summed E-state index contributed by atoms with van der Waals surface area (Å²) in [5.74, 6) is 0.929. The Kier molecular flexibility index (Phi) is 2.85. The molecule has 0 unspecified atom stereocenters. The third-order valence-corrected chi connectivity index (χ3v) is 7.54. The molecule has 34 heavy (non-hydrogen) atoms. The van der Waals surface area contributed by atoms with E-state index in [1.54, 1.807) is 0 Å². The molecule has 0 radical (unpaired) electrons. The van der Waals surface area contributed by atoms with E-state index in [1.165, 1.54) is 38.2 Å². The van der Waals surface area contributed by atoms with Crippen LogP contribution in [0.3, 0.4) is 0 Å². The molecular weight excluding hydrogens is 417 g/mol. The number of aromatic nitrogens is 3. The summed E-state index contributed by atoms with van der Waals surface area (Å²) in [6.07, 6.45) is 0. The second kappa shape index (κ2) is 5.70. The number of imidazole rings is 1. The lowest BCUT2D eigenvalue weighted by atomic mass is 9.35. The van der Waals surface area contributed by atoms with Crippen molar-refractivity contribution in [1.29, 1.82) is 0 Å². The molecule has 0 atom stereocenters. The van der Waals surface area contributed by atoms with Crippen molar-refractivity contribution < 1.29 is 4.42 Å². The van der Waals surface area contributed by atoms with Crippen LogP contribution in [-0.2, 0) is 0 Å². The van der Waals surface area contributed by atoms with E-state index in [9.17, 15) is 0 Å².